The van der Waals surface area contributed by atoms with Crippen LogP contribution < -0.4 is 10.1 Å². The van der Waals surface area contributed by atoms with Crippen molar-refractivity contribution in [3.8, 4) is 11.5 Å². The molecule has 0 saturated heterocycles. The SMILES string of the molecule is COc1cc(C)ccc1NCc1cc(Cl)ccc1O. The summed E-state index contributed by atoms with van der Waals surface area (Å²) in [5.41, 5.74) is 2.76. The van der Waals surface area contributed by atoms with Gasteiger partial charge in [0.25, 0.3) is 0 Å². The second-order valence-corrected chi connectivity index (χ2v) is 4.77. The van der Waals surface area contributed by atoms with Crippen LogP contribution >= 0.6 is 11.6 Å². The monoisotopic (exact) mass is 277 g/mol. The van der Waals surface area contributed by atoms with Gasteiger partial charge in [0.05, 0.1) is 12.8 Å². The molecule has 0 fully saturated rings. The molecule has 0 aliphatic carbocycles. The van der Waals surface area contributed by atoms with E-state index in [9.17, 15) is 5.11 Å². The van der Waals surface area contributed by atoms with Gasteiger partial charge < -0.3 is 15.2 Å². The molecule has 0 aromatic heterocycles. The Morgan fingerprint density at radius 3 is 2.74 bits per heavy atom. The van der Waals surface area contributed by atoms with E-state index >= 15 is 0 Å². The number of hydrogen-bond donors (Lipinski definition) is 2. The average Bonchev–Trinajstić information content (AvgIpc) is 2.40. The van der Waals surface area contributed by atoms with E-state index in [1.54, 1.807) is 25.3 Å². The van der Waals surface area contributed by atoms with Crippen molar-refractivity contribution in [2.45, 2.75) is 13.5 Å². The summed E-state index contributed by atoms with van der Waals surface area (Å²) in [6, 6.07) is 10.9. The first kappa shape index (κ1) is 13.6. The quantitative estimate of drug-likeness (QED) is 0.888. The summed E-state index contributed by atoms with van der Waals surface area (Å²) in [6.07, 6.45) is 0. The fraction of sp³-hybridized carbons (Fsp3) is 0.200. The van der Waals surface area contributed by atoms with E-state index in [2.05, 4.69) is 5.32 Å². The maximum absolute atomic E-state index is 9.75. The summed E-state index contributed by atoms with van der Waals surface area (Å²) in [6.45, 7) is 2.49. The Bertz CT molecular complexity index is 584. The highest BCUT2D eigenvalue weighted by atomic mass is 35.5. The number of benzene rings is 2. The first-order valence-electron chi connectivity index (χ1n) is 5.96. The molecule has 2 aromatic rings. The number of nitrogens with one attached hydrogen (secondary N) is 1. The number of ether oxygens (including phenoxy) is 1. The van der Waals surface area contributed by atoms with Crippen molar-refractivity contribution in [3.63, 3.8) is 0 Å². The van der Waals surface area contributed by atoms with Gasteiger partial charge in [-0.05, 0) is 42.8 Å². The Morgan fingerprint density at radius 2 is 2.00 bits per heavy atom. The van der Waals surface area contributed by atoms with Crippen molar-refractivity contribution < 1.29 is 9.84 Å². The lowest BCUT2D eigenvalue weighted by Gasteiger charge is -2.12. The fourth-order valence-corrected chi connectivity index (χ4v) is 2.03. The van der Waals surface area contributed by atoms with Gasteiger partial charge in [0.15, 0.2) is 0 Å². The van der Waals surface area contributed by atoms with Crippen LogP contribution in [0, 0.1) is 6.92 Å². The van der Waals surface area contributed by atoms with E-state index < -0.39 is 0 Å². The Balaban J connectivity index is 2.16. The summed E-state index contributed by atoms with van der Waals surface area (Å²) >= 11 is 5.91. The second-order valence-electron chi connectivity index (χ2n) is 4.33. The van der Waals surface area contributed by atoms with Crippen molar-refractivity contribution in [1.82, 2.24) is 0 Å². The van der Waals surface area contributed by atoms with Crippen LogP contribution in [0.25, 0.3) is 0 Å². The topological polar surface area (TPSA) is 41.5 Å². The van der Waals surface area contributed by atoms with E-state index in [0.717, 1.165) is 22.6 Å². The Kier molecular flexibility index (Phi) is 4.17. The Labute approximate surface area is 117 Å². The molecule has 2 N–H and O–H groups in total. The molecule has 3 nitrogen and oxygen atoms in total. The molecule has 0 amide bonds. The highest BCUT2D eigenvalue weighted by Crippen LogP contribution is 2.27. The van der Waals surface area contributed by atoms with Crippen LogP contribution in [0.5, 0.6) is 11.5 Å². The third-order valence-electron chi connectivity index (χ3n) is 2.87. The van der Waals surface area contributed by atoms with E-state index in [0.29, 0.717) is 11.6 Å². The minimum Gasteiger partial charge on any atom is -0.508 e. The second kappa shape index (κ2) is 5.85. The van der Waals surface area contributed by atoms with Gasteiger partial charge in [0.1, 0.15) is 11.5 Å². The van der Waals surface area contributed by atoms with Gasteiger partial charge >= 0.3 is 0 Å². The summed E-state index contributed by atoms with van der Waals surface area (Å²) in [4.78, 5) is 0. The zero-order valence-electron chi connectivity index (χ0n) is 10.9. The molecule has 0 atom stereocenters. The molecule has 0 spiro atoms. The smallest absolute Gasteiger partial charge is 0.142 e. The van der Waals surface area contributed by atoms with Gasteiger partial charge in [-0.2, -0.15) is 0 Å². The van der Waals surface area contributed by atoms with Crippen LogP contribution in [0.15, 0.2) is 36.4 Å². The van der Waals surface area contributed by atoms with E-state index in [1.165, 1.54) is 0 Å². The largest absolute Gasteiger partial charge is 0.508 e. The zero-order valence-corrected chi connectivity index (χ0v) is 11.7. The number of phenols is 1. The van der Waals surface area contributed by atoms with Crippen LogP contribution in [0.2, 0.25) is 5.02 Å². The number of methoxy groups -OCH3 is 1. The first-order chi connectivity index (χ1) is 9.10. The molecule has 2 rings (SSSR count). The highest BCUT2D eigenvalue weighted by molar-refractivity contribution is 6.30. The molecule has 0 aliphatic heterocycles. The average molecular weight is 278 g/mol. The Hall–Kier alpha value is -1.87. The number of aryl methyl sites for hydroxylation is 1. The third kappa shape index (κ3) is 3.32. The highest BCUT2D eigenvalue weighted by Gasteiger charge is 2.05. The first-order valence-corrected chi connectivity index (χ1v) is 6.34. The molecule has 2 aromatic carbocycles. The van der Waals surface area contributed by atoms with Gasteiger partial charge in [-0.15, -0.1) is 0 Å². The lowest BCUT2D eigenvalue weighted by atomic mass is 10.1. The van der Waals surface area contributed by atoms with Gasteiger partial charge in [0.2, 0.25) is 0 Å². The van der Waals surface area contributed by atoms with Gasteiger partial charge in [-0.1, -0.05) is 17.7 Å². The van der Waals surface area contributed by atoms with Crippen molar-refractivity contribution in [2.75, 3.05) is 12.4 Å². The number of halogens is 1. The number of rotatable bonds is 4. The predicted molar refractivity (Wildman–Crippen MR) is 78.2 cm³/mol. The van der Waals surface area contributed by atoms with Crippen molar-refractivity contribution in [3.05, 3.63) is 52.5 Å². The van der Waals surface area contributed by atoms with Crippen molar-refractivity contribution >= 4 is 17.3 Å². The molecule has 0 bridgehead atoms. The van der Waals surface area contributed by atoms with Gasteiger partial charge in [-0.3, -0.25) is 0 Å². The lowest BCUT2D eigenvalue weighted by molar-refractivity contribution is 0.416. The standard InChI is InChI=1S/C15H16ClNO2/c1-10-3-5-13(15(7-10)19-2)17-9-11-8-12(16)4-6-14(11)18/h3-8,17-18H,9H2,1-2H3. The molecular formula is C15H16ClNO2. The van der Waals surface area contributed by atoms with Gasteiger partial charge in [0, 0.05) is 17.1 Å². The molecule has 0 unspecified atom stereocenters. The van der Waals surface area contributed by atoms with Crippen molar-refractivity contribution in [1.29, 1.82) is 0 Å². The maximum atomic E-state index is 9.75. The summed E-state index contributed by atoms with van der Waals surface area (Å²) in [5.74, 6) is 1.00. The number of anilines is 1. The maximum Gasteiger partial charge on any atom is 0.142 e. The molecular weight excluding hydrogens is 262 g/mol. The zero-order chi connectivity index (χ0) is 13.8. The predicted octanol–water partition coefficient (Wildman–Crippen LogP) is 3.97. The summed E-state index contributed by atoms with van der Waals surface area (Å²) < 4.78 is 5.32. The molecule has 19 heavy (non-hydrogen) atoms. The molecule has 0 aliphatic rings. The van der Waals surface area contributed by atoms with E-state index in [-0.39, 0.29) is 5.75 Å². The lowest BCUT2D eigenvalue weighted by Crippen LogP contribution is -2.02. The number of hydrogen-bond acceptors (Lipinski definition) is 3. The number of aromatic hydroxyl groups is 1. The minimum atomic E-state index is 0.225. The fourth-order valence-electron chi connectivity index (χ4n) is 1.83. The molecule has 100 valence electrons. The summed E-state index contributed by atoms with van der Waals surface area (Å²) in [7, 11) is 1.64. The molecule has 4 heteroatoms. The van der Waals surface area contributed by atoms with Crippen LogP contribution in [0.3, 0.4) is 0 Å². The van der Waals surface area contributed by atoms with Crippen LogP contribution in [0.4, 0.5) is 5.69 Å². The number of phenolic OH excluding ortho intramolecular Hbond substituents is 1. The van der Waals surface area contributed by atoms with E-state index in [4.69, 9.17) is 16.3 Å². The van der Waals surface area contributed by atoms with E-state index in [1.807, 2.05) is 25.1 Å². The molecule has 0 radical (unpaired) electrons. The molecule has 0 heterocycles. The normalized spacial score (nSPS) is 10.3. The van der Waals surface area contributed by atoms with Crippen molar-refractivity contribution in [2.24, 2.45) is 0 Å². The van der Waals surface area contributed by atoms with Crippen LogP contribution in [-0.4, -0.2) is 12.2 Å². The summed E-state index contributed by atoms with van der Waals surface area (Å²) in [5, 5.41) is 13.6. The third-order valence-corrected chi connectivity index (χ3v) is 3.10. The van der Waals surface area contributed by atoms with Gasteiger partial charge in [-0.25, -0.2) is 0 Å². The Morgan fingerprint density at radius 1 is 1.21 bits per heavy atom. The van der Waals surface area contributed by atoms with Crippen LogP contribution in [0.1, 0.15) is 11.1 Å². The van der Waals surface area contributed by atoms with Crippen LogP contribution in [-0.2, 0) is 6.54 Å². The minimum absolute atomic E-state index is 0.225. The molecule has 0 saturated carbocycles.